The van der Waals surface area contributed by atoms with Crippen LogP contribution in [-0.2, 0) is 4.79 Å². The number of carbonyl (C=O) groups is 1. The highest BCUT2D eigenvalue weighted by molar-refractivity contribution is 8.19. The second-order valence-corrected chi connectivity index (χ2v) is 8.24. The van der Waals surface area contributed by atoms with Crippen LogP contribution in [0.3, 0.4) is 0 Å². The van der Waals surface area contributed by atoms with Crippen LogP contribution in [0.15, 0.2) is 74.4 Å². The number of benzene rings is 2. The maximum Gasteiger partial charge on any atom is 0.269 e. The van der Waals surface area contributed by atoms with Gasteiger partial charge in [0.25, 0.3) is 5.91 Å². The number of fused-ring (bicyclic) bond motifs is 1. The van der Waals surface area contributed by atoms with E-state index in [1.165, 1.54) is 16.7 Å². The first-order chi connectivity index (χ1) is 12.6. The lowest BCUT2D eigenvalue weighted by Gasteiger charge is -2.14. The summed E-state index contributed by atoms with van der Waals surface area (Å²) in [6, 6.07) is 18.4. The number of amidine groups is 1. The third kappa shape index (κ3) is 2.93. The molecular weight excluding hydrogens is 362 g/mol. The quantitative estimate of drug-likeness (QED) is 0.705. The van der Waals surface area contributed by atoms with Gasteiger partial charge < -0.3 is 4.90 Å². The molecule has 26 heavy (non-hydrogen) atoms. The molecule has 132 valence electrons. The fourth-order valence-electron chi connectivity index (χ4n) is 2.96. The first-order valence-electron chi connectivity index (χ1n) is 8.40. The number of likely N-dealkylation sites (N-methyl/N-ethyl adjacent to an activating group) is 1. The molecule has 2 aromatic rings. The third-order valence-corrected chi connectivity index (χ3v) is 7.00. The number of rotatable bonds is 2. The number of thioether (sulfide) groups is 2. The maximum atomic E-state index is 12.8. The molecule has 2 heterocycles. The number of anilines is 1. The van der Waals surface area contributed by atoms with Crippen LogP contribution in [0.5, 0.6) is 0 Å². The van der Waals surface area contributed by atoms with Crippen molar-refractivity contribution in [3.05, 3.63) is 70.1 Å². The second kappa shape index (κ2) is 6.85. The zero-order valence-corrected chi connectivity index (χ0v) is 16.5. The highest BCUT2D eigenvalue weighted by Crippen LogP contribution is 2.49. The Hall–Kier alpha value is -2.18. The van der Waals surface area contributed by atoms with Crippen molar-refractivity contribution in [3.8, 4) is 0 Å². The Labute approximate surface area is 162 Å². The van der Waals surface area contributed by atoms with E-state index in [-0.39, 0.29) is 11.9 Å². The molecule has 0 aliphatic carbocycles. The summed E-state index contributed by atoms with van der Waals surface area (Å²) in [7, 11) is 3.81. The van der Waals surface area contributed by atoms with Gasteiger partial charge in [0.15, 0.2) is 5.17 Å². The molecule has 1 amide bonds. The third-order valence-electron chi connectivity index (χ3n) is 4.50. The van der Waals surface area contributed by atoms with Crippen LogP contribution < -0.4 is 4.90 Å². The first kappa shape index (κ1) is 17.2. The van der Waals surface area contributed by atoms with E-state index in [1.807, 2.05) is 37.4 Å². The number of carbonyl (C=O) groups excluding carboxylic acids is 1. The van der Waals surface area contributed by atoms with Crippen molar-refractivity contribution in [3.63, 3.8) is 0 Å². The van der Waals surface area contributed by atoms with Gasteiger partial charge in [-0.15, -0.1) is 0 Å². The Morgan fingerprint density at radius 1 is 0.923 bits per heavy atom. The van der Waals surface area contributed by atoms with Crippen LogP contribution >= 0.6 is 23.5 Å². The number of aliphatic imine (C=N–C) groups is 1. The van der Waals surface area contributed by atoms with Crippen molar-refractivity contribution in [2.75, 3.05) is 19.0 Å². The molecule has 2 aromatic carbocycles. The van der Waals surface area contributed by atoms with E-state index in [2.05, 4.69) is 36.1 Å². The summed E-state index contributed by atoms with van der Waals surface area (Å²) >= 11 is 3.11. The molecule has 1 atom stereocenters. The van der Waals surface area contributed by atoms with Gasteiger partial charge in [0.05, 0.1) is 16.8 Å². The van der Waals surface area contributed by atoms with Crippen molar-refractivity contribution >= 4 is 40.3 Å². The number of para-hydroxylation sites is 1. The molecule has 2 aliphatic heterocycles. The summed E-state index contributed by atoms with van der Waals surface area (Å²) in [4.78, 5) is 23.3. The van der Waals surface area contributed by atoms with Crippen LogP contribution in [0, 0.1) is 0 Å². The maximum absolute atomic E-state index is 12.8. The largest absolute Gasteiger partial charge is 0.337 e. The van der Waals surface area contributed by atoms with Crippen LogP contribution in [0.25, 0.3) is 0 Å². The van der Waals surface area contributed by atoms with Gasteiger partial charge in [-0.2, -0.15) is 0 Å². The van der Waals surface area contributed by atoms with Gasteiger partial charge in [0.2, 0.25) is 0 Å². The van der Waals surface area contributed by atoms with Crippen molar-refractivity contribution in [1.29, 1.82) is 0 Å². The zero-order chi connectivity index (χ0) is 18.3. The van der Waals surface area contributed by atoms with E-state index in [1.54, 1.807) is 23.7 Å². The Kier molecular flexibility index (Phi) is 4.54. The minimum atomic E-state index is 0.00413. The Bertz CT molecular complexity index is 924. The minimum absolute atomic E-state index is 0.00413. The molecule has 4 rings (SSSR count). The molecule has 2 aliphatic rings. The van der Waals surface area contributed by atoms with Crippen molar-refractivity contribution in [2.45, 2.75) is 17.9 Å². The normalized spacial score (nSPS) is 22.3. The van der Waals surface area contributed by atoms with Gasteiger partial charge >= 0.3 is 0 Å². The second-order valence-electron chi connectivity index (χ2n) is 6.23. The van der Waals surface area contributed by atoms with Gasteiger partial charge in [-0.05, 0) is 36.4 Å². The molecule has 0 spiro atoms. The first-order valence-corrected chi connectivity index (χ1v) is 10.0. The number of hydrogen-bond donors (Lipinski definition) is 0. The Morgan fingerprint density at radius 2 is 1.62 bits per heavy atom. The number of nitrogens with zero attached hydrogens (tertiary/aromatic N) is 3. The molecular formula is C20H19N3OS2. The molecule has 1 saturated heterocycles. The summed E-state index contributed by atoms with van der Waals surface area (Å²) in [6.07, 6.45) is 0. The summed E-state index contributed by atoms with van der Waals surface area (Å²) in [5, 5.41) is 1.73. The molecule has 0 N–H and O–H groups in total. The highest BCUT2D eigenvalue weighted by atomic mass is 32.2. The van der Waals surface area contributed by atoms with E-state index in [9.17, 15) is 4.79 Å². The molecule has 0 bridgehead atoms. The zero-order valence-electron chi connectivity index (χ0n) is 14.8. The lowest BCUT2D eigenvalue weighted by Crippen LogP contribution is -2.25. The van der Waals surface area contributed by atoms with Crippen LogP contribution in [-0.4, -0.2) is 30.1 Å². The van der Waals surface area contributed by atoms with Crippen LogP contribution in [0.2, 0.25) is 0 Å². The van der Waals surface area contributed by atoms with E-state index in [4.69, 9.17) is 4.99 Å². The van der Waals surface area contributed by atoms with Gasteiger partial charge in [-0.3, -0.25) is 14.7 Å². The van der Waals surface area contributed by atoms with Gasteiger partial charge in [-0.1, -0.05) is 54.2 Å². The van der Waals surface area contributed by atoms with Crippen LogP contribution in [0.4, 0.5) is 5.69 Å². The monoisotopic (exact) mass is 381 g/mol. The molecule has 0 aromatic heterocycles. The lowest BCUT2D eigenvalue weighted by molar-refractivity contribution is -0.121. The molecule has 0 saturated carbocycles. The standard InChI is InChI=1S/C20H19N3OS2/c1-13(14-9-5-4-6-10-14)21-20-23(3)18(24)17(26-20)19-22(2)15-11-7-8-12-16(15)25-19/h4-13H,1-3H3/b19-17-,21-20?. The molecule has 6 heteroatoms. The minimum Gasteiger partial charge on any atom is -0.337 e. The molecule has 1 unspecified atom stereocenters. The van der Waals surface area contributed by atoms with Crippen molar-refractivity contribution < 1.29 is 4.79 Å². The van der Waals surface area contributed by atoms with E-state index in [0.717, 1.165) is 26.4 Å². The van der Waals surface area contributed by atoms with Gasteiger partial charge in [0, 0.05) is 19.0 Å². The fraction of sp³-hybridized carbons (Fsp3) is 0.200. The summed E-state index contributed by atoms with van der Waals surface area (Å²) < 4.78 is 0. The predicted octanol–water partition coefficient (Wildman–Crippen LogP) is 4.72. The van der Waals surface area contributed by atoms with Gasteiger partial charge in [0.1, 0.15) is 4.91 Å². The topological polar surface area (TPSA) is 35.9 Å². The molecule has 4 nitrogen and oxygen atoms in total. The van der Waals surface area contributed by atoms with Crippen molar-refractivity contribution in [1.82, 2.24) is 4.90 Å². The highest BCUT2D eigenvalue weighted by Gasteiger charge is 2.37. The summed E-state index contributed by atoms with van der Waals surface area (Å²) in [5.74, 6) is 0.0103. The fourth-order valence-corrected chi connectivity index (χ4v) is 5.36. The molecule has 1 fully saturated rings. The van der Waals surface area contributed by atoms with E-state index < -0.39 is 0 Å². The number of hydrogen-bond acceptors (Lipinski definition) is 5. The smallest absolute Gasteiger partial charge is 0.269 e. The summed E-state index contributed by atoms with van der Waals surface area (Å²) in [5.41, 5.74) is 2.28. The number of amides is 1. The average molecular weight is 382 g/mol. The predicted molar refractivity (Wildman–Crippen MR) is 110 cm³/mol. The Morgan fingerprint density at radius 3 is 2.35 bits per heavy atom. The molecule has 0 radical (unpaired) electrons. The van der Waals surface area contributed by atoms with E-state index >= 15 is 0 Å². The van der Waals surface area contributed by atoms with Gasteiger partial charge in [-0.25, -0.2) is 0 Å². The SMILES string of the molecule is CC(N=C1S/C(=C2\Sc3ccccc3N2C)C(=O)N1C)c1ccccc1. The summed E-state index contributed by atoms with van der Waals surface area (Å²) in [6.45, 7) is 2.05. The average Bonchev–Trinajstić information content (AvgIpc) is 3.14. The Balaban J connectivity index is 1.65. The van der Waals surface area contributed by atoms with Crippen molar-refractivity contribution in [2.24, 2.45) is 4.99 Å². The van der Waals surface area contributed by atoms with E-state index in [0.29, 0.717) is 0 Å². The lowest BCUT2D eigenvalue weighted by atomic mass is 10.1. The van der Waals surface area contributed by atoms with Crippen LogP contribution in [0.1, 0.15) is 18.5 Å².